The summed E-state index contributed by atoms with van der Waals surface area (Å²) in [6, 6.07) is 5.81. The summed E-state index contributed by atoms with van der Waals surface area (Å²) in [6.07, 6.45) is 0.688. The molecule has 0 saturated carbocycles. The summed E-state index contributed by atoms with van der Waals surface area (Å²) in [4.78, 5) is 22.5. The Morgan fingerprint density at radius 1 is 1.25 bits per heavy atom. The Labute approximate surface area is 116 Å². The molecule has 0 bridgehead atoms. The molecule has 1 atom stereocenters. The van der Waals surface area contributed by atoms with E-state index in [1.165, 1.54) is 24.3 Å². The minimum atomic E-state index is -2.97. The van der Waals surface area contributed by atoms with Crippen molar-refractivity contribution in [3.8, 4) is 0 Å². The van der Waals surface area contributed by atoms with Gasteiger partial charge in [-0.3, -0.25) is 4.79 Å². The van der Waals surface area contributed by atoms with Gasteiger partial charge in [-0.2, -0.15) is 0 Å². The van der Waals surface area contributed by atoms with Gasteiger partial charge in [0.25, 0.3) is 0 Å². The molecule has 1 aliphatic heterocycles. The second-order valence-electron chi connectivity index (χ2n) is 4.90. The third kappa shape index (κ3) is 3.80. The number of benzene rings is 1. The van der Waals surface area contributed by atoms with Crippen molar-refractivity contribution in [1.82, 2.24) is 0 Å². The zero-order valence-electron chi connectivity index (χ0n) is 10.7. The number of sulfone groups is 1. The first-order valence-electron chi connectivity index (χ1n) is 6.19. The third-order valence-corrected chi connectivity index (χ3v) is 5.05. The number of hydrogen-bond acceptors (Lipinski definition) is 4. The van der Waals surface area contributed by atoms with Crippen LogP contribution in [0.4, 0.5) is 5.69 Å². The number of hydrogen-bond donors (Lipinski definition) is 2. The van der Waals surface area contributed by atoms with Crippen LogP contribution in [0.2, 0.25) is 0 Å². The van der Waals surface area contributed by atoms with E-state index in [4.69, 9.17) is 5.11 Å². The number of rotatable bonds is 4. The molecule has 6 nitrogen and oxygen atoms in total. The molecule has 7 heteroatoms. The molecule has 1 fully saturated rings. The lowest BCUT2D eigenvalue weighted by molar-refractivity contribution is -0.116. The minimum absolute atomic E-state index is 0.0678. The first-order valence-corrected chi connectivity index (χ1v) is 8.01. The first kappa shape index (κ1) is 14.5. The van der Waals surface area contributed by atoms with Crippen LogP contribution >= 0.6 is 0 Å². The van der Waals surface area contributed by atoms with Gasteiger partial charge in [0, 0.05) is 12.1 Å². The van der Waals surface area contributed by atoms with Gasteiger partial charge in [-0.15, -0.1) is 0 Å². The van der Waals surface area contributed by atoms with Crippen molar-refractivity contribution >= 4 is 27.4 Å². The maximum Gasteiger partial charge on any atom is 0.335 e. The lowest BCUT2D eigenvalue weighted by Gasteiger charge is -2.08. The Kier molecular flexibility index (Phi) is 4.08. The number of carbonyl (C=O) groups is 2. The summed E-state index contributed by atoms with van der Waals surface area (Å²) in [6.45, 7) is 0. The van der Waals surface area contributed by atoms with Gasteiger partial charge in [0.2, 0.25) is 5.91 Å². The van der Waals surface area contributed by atoms with E-state index in [1.807, 2.05) is 0 Å². The topological polar surface area (TPSA) is 101 Å². The van der Waals surface area contributed by atoms with Gasteiger partial charge < -0.3 is 10.4 Å². The maximum atomic E-state index is 11.8. The summed E-state index contributed by atoms with van der Waals surface area (Å²) in [5.74, 6) is -1.19. The fourth-order valence-electron chi connectivity index (χ4n) is 2.20. The number of carbonyl (C=O) groups excluding carboxylic acids is 1. The van der Waals surface area contributed by atoms with Gasteiger partial charge in [0.15, 0.2) is 9.84 Å². The Bertz CT molecular complexity index is 621. The number of aromatic carboxylic acids is 1. The fraction of sp³-hybridized carbons (Fsp3) is 0.385. The van der Waals surface area contributed by atoms with Gasteiger partial charge in [-0.25, -0.2) is 13.2 Å². The molecular weight excluding hydrogens is 282 g/mol. The molecule has 1 aromatic carbocycles. The summed E-state index contributed by atoms with van der Waals surface area (Å²) < 4.78 is 22.6. The molecule has 0 spiro atoms. The summed E-state index contributed by atoms with van der Waals surface area (Å²) in [5, 5.41) is 11.4. The third-order valence-electron chi connectivity index (χ3n) is 3.22. The highest BCUT2D eigenvalue weighted by atomic mass is 32.2. The Morgan fingerprint density at radius 2 is 1.90 bits per heavy atom. The molecule has 1 amide bonds. The highest BCUT2D eigenvalue weighted by molar-refractivity contribution is 7.91. The van der Waals surface area contributed by atoms with Gasteiger partial charge in [-0.05, 0) is 36.6 Å². The summed E-state index contributed by atoms with van der Waals surface area (Å²) in [5.41, 5.74) is 0.644. The van der Waals surface area contributed by atoms with Gasteiger partial charge in [-0.1, -0.05) is 0 Å². The van der Waals surface area contributed by atoms with E-state index >= 15 is 0 Å². The van der Waals surface area contributed by atoms with Crippen molar-refractivity contribution in [3.05, 3.63) is 29.8 Å². The second kappa shape index (κ2) is 5.62. The monoisotopic (exact) mass is 297 g/mol. The van der Waals surface area contributed by atoms with Crippen LogP contribution in [0.1, 0.15) is 23.2 Å². The molecule has 2 rings (SSSR count). The van der Waals surface area contributed by atoms with Crippen molar-refractivity contribution in [2.75, 3.05) is 16.8 Å². The highest BCUT2D eigenvalue weighted by Gasteiger charge is 2.29. The SMILES string of the molecule is O=C(CC1CCS(=O)(=O)C1)Nc1ccc(C(=O)O)cc1. The lowest BCUT2D eigenvalue weighted by atomic mass is 10.0. The smallest absolute Gasteiger partial charge is 0.335 e. The maximum absolute atomic E-state index is 11.8. The van der Waals surface area contributed by atoms with Crippen LogP contribution in [0.3, 0.4) is 0 Å². The predicted molar refractivity (Wildman–Crippen MR) is 73.4 cm³/mol. The van der Waals surface area contributed by atoms with E-state index in [1.54, 1.807) is 0 Å². The number of anilines is 1. The van der Waals surface area contributed by atoms with Crippen molar-refractivity contribution in [1.29, 1.82) is 0 Å². The van der Waals surface area contributed by atoms with Crippen LogP contribution < -0.4 is 5.32 Å². The molecule has 108 valence electrons. The van der Waals surface area contributed by atoms with Crippen LogP contribution in [0, 0.1) is 5.92 Å². The Balaban J connectivity index is 1.90. The van der Waals surface area contributed by atoms with E-state index in [0.29, 0.717) is 12.1 Å². The largest absolute Gasteiger partial charge is 0.478 e. The van der Waals surface area contributed by atoms with Crippen molar-refractivity contribution < 1.29 is 23.1 Å². The molecule has 0 radical (unpaired) electrons. The standard InChI is InChI=1S/C13H15NO5S/c15-12(7-9-5-6-20(18,19)8-9)14-11-3-1-10(2-4-11)13(16)17/h1-4,9H,5-8H2,(H,14,15)(H,16,17). The van der Waals surface area contributed by atoms with Gasteiger partial charge in [0.05, 0.1) is 17.1 Å². The zero-order valence-corrected chi connectivity index (χ0v) is 11.5. The van der Waals surface area contributed by atoms with Crippen LogP contribution in [-0.2, 0) is 14.6 Å². The van der Waals surface area contributed by atoms with E-state index in [2.05, 4.69) is 5.32 Å². The van der Waals surface area contributed by atoms with Crippen molar-refractivity contribution in [2.45, 2.75) is 12.8 Å². The predicted octanol–water partition coefficient (Wildman–Crippen LogP) is 1.15. The Morgan fingerprint density at radius 3 is 2.40 bits per heavy atom. The van der Waals surface area contributed by atoms with Crippen LogP contribution in [-0.4, -0.2) is 36.9 Å². The average Bonchev–Trinajstić information content (AvgIpc) is 2.69. The number of carboxylic acids is 1. The van der Waals surface area contributed by atoms with Gasteiger partial charge >= 0.3 is 5.97 Å². The molecule has 20 heavy (non-hydrogen) atoms. The van der Waals surface area contributed by atoms with E-state index in [0.717, 1.165) is 0 Å². The molecule has 2 N–H and O–H groups in total. The summed E-state index contributed by atoms with van der Waals surface area (Å²) >= 11 is 0. The quantitative estimate of drug-likeness (QED) is 0.868. The summed E-state index contributed by atoms with van der Waals surface area (Å²) in [7, 11) is -2.97. The minimum Gasteiger partial charge on any atom is -0.478 e. The number of nitrogens with one attached hydrogen (secondary N) is 1. The zero-order chi connectivity index (χ0) is 14.8. The normalized spacial score (nSPS) is 20.5. The fourth-order valence-corrected chi connectivity index (χ4v) is 4.07. The van der Waals surface area contributed by atoms with Crippen LogP contribution in [0.25, 0.3) is 0 Å². The van der Waals surface area contributed by atoms with E-state index in [-0.39, 0.29) is 35.3 Å². The van der Waals surface area contributed by atoms with E-state index in [9.17, 15) is 18.0 Å². The average molecular weight is 297 g/mol. The molecule has 1 aromatic rings. The van der Waals surface area contributed by atoms with Crippen LogP contribution in [0.15, 0.2) is 24.3 Å². The molecular formula is C13H15NO5S. The van der Waals surface area contributed by atoms with E-state index < -0.39 is 15.8 Å². The van der Waals surface area contributed by atoms with Crippen molar-refractivity contribution in [2.24, 2.45) is 5.92 Å². The second-order valence-corrected chi connectivity index (χ2v) is 7.13. The number of carboxylic acid groups (broad SMARTS) is 1. The first-order chi connectivity index (χ1) is 9.35. The van der Waals surface area contributed by atoms with Crippen LogP contribution in [0.5, 0.6) is 0 Å². The van der Waals surface area contributed by atoms with Gasteiger partial charge in [0.1, 0.15) is 0 Å². The molecule has 1 saturated heterocycles. The number of amides is 1. The molecule has 1 aliphatic rings. The molecule has 1 heterocycles. The Hall–Kier alpha value is -1.89. The molecule has 0 aromatic heterocycles. The molecule has 1 unspecified atom stereocenters. The van der Waals surface area contributed by atoms with Crippen molar-refractivity contribution in [3.63, 3.8) is 0 Å². The molecule has 0 aliphatic carbocycles. The lowest BCUT2D eigenvalue weighted by Crippen LogP contribution is -2.17. The highest BCUT2D eigenvalue weighted by Crippen LogP contribution is 2.22.